The van der Waals surface area contributed by atoms with Gasteiger partial charge in [-0.25, -0.2) is 15.0 Å². The molecule has 0 atom stereocenters. The third-order valence-electron chi connectivity index (χ3n) is 3.53. The zero-order valence-corrected chi connectivity index (χ0v) is 13.5. The molecule has 0 saturated carbocycles. The zero-order chi connectivity index (χ0) is 17.5. The van der Waals surface area contributed by atoms with Crippen LogP contribution >= 0.6 is 0 Å². The normalized spacial score (nSPS) is 16.2. The Kier molecular flexibility index (Phi) is 3.69. The van der Waals surface area contributed by atoms with E-state index in [0.29, 0.717) is 11.4 Å². The van der Waals surface area contributed by atoms with Gasteiger partial charge in [0.15, 0.2) is 5.82 Å². The summed E-state index contributed by atoms with van der Waals surface area (Å²) in [6, 6.07) is 2.82. The van der Waals surface area contributed by atoms with E-state index in [1.807, 2.05) is 0 Å². The van der Waals surface area contributed by atoms with Crippen molar-refractivity contribution >= 4 is 34.3 Å². The molecule has 0 spiro atoms. The van der Waals surface area contributed by atoms with E-state index in [1.54, 1.807) is 19.9 Å². The molecule has 3 rings (SSSR count). The third kappa shape index (κ3) is 2.68. The van der Waals surface area contributed by atoms with Gasteiger partial charge in [0.05, 0.1) is 11.1 Å². The maximum atomic E-state index is 12.5. The Hall–Kier alpha value is -2.99. The molecule has 1 aromatic carbocycles. The number of aryl methyl sites for hydroxylation is 1. The number of rotatable bonds is 4. The first kappa shape index (κ1) is 15.9. The molecule has 0 amide bonds. The smallest absolute Gasteiger partial charge is 0.258 e. The largest absolute Gasteiger partial charge is 0.338 e. The van der Waals surface area contributed by atoms with E-state index in [4.69, 9.17) is 0 Å². The summed E-state index contributed by atoms with van der Waals surface area (Å²) in [6.45, 7) is 3.34. The topological polar surface area (TPSA) is 133 Å². The second-order valence-corrected chi connectivity index (χ2v) is 6.58. The lowest BCUT2D eigenvalue weighted by Crippen LogP contribution is -2.45. The number of nitrogens with one attached hydrogen (secondary N) is 2. The van der Waals surface area contributed by atoms with Gasteiger partial charge in [0.2, 0.25) is 0 Å². The molecule has 11 nitrogen and oxygen atoms in total. The van der Waals surface area contributed by atoms with E-state index in [9.17, 15) is 18.5 Å². The summed E-state index contributed by atoms with van der Waals surface area (Å²) in [7, 11) is -4.15. The van der Waals surface area contributed by atoms with Crippen LogP contribution in [0.3, 0.4) is 0 Å². The molecule has 12 heteroatoms. The van der Waals surface area contributed by atoms with Crippen molar-refractivity contribution < 1.29 is 13.3 Å². The maximum absolute atomic E-state index is 12.5. The average Bonchev–Trinajstić information content (AvgIpc) is 2.96. The number of benzene rings is 1. The molecule has 0 unspecified atom stereocenters. The number of hydrazine groups is 2. The number of fused-ring (bicyclic) bond motifs is 1. The summed E-state index contributed by atoms with van der Waals surface area (Å²) in [5, 5.41) is 12.5. The molecule has 2 aliphatic rings. The lowest BCUT2D eigenvalue weighted by atomic mass is 10.1. The maximum Gasteiger partial charge on any atom is 0.338 e. The van der Waals surface area contributed by atoms with E-state index in [1.165, 1.54) is 30.0 Å². The molecular weight excluding hydrogens is 338 g/mol. The minimum absolute atomic E-state index is 0.0813. The van der Waals surface area contributed by atoms with Crippen molar-refractivity contribution in [2.75, 3.05) is 4.72 Å². The van der Waals surface area contributed by atoms with E-state index in [0.717, 1.165) is 9.98 Å². The Morgan fingerprint density at radius 3 is 2.75 bits per heavy atom. The van der Waals surface area contributed by atoms with Crippen molar-refractivity contribution in [3.05, 3.63) is 45.4 Å². The number of hydrogen-bond acceptors (Lipinski definition) is 8. The van der Waals surface area contributed by atoms with Gasteiger partial charge in [0, 0.05) is 6.07 Å². The second-order valence-electron chi connectivity index (χ2n) is 5.03. The lowest BCUT2D eigenvalue weighted by Gasteiger charge is -2.21. The number of nitro benzene ring substituents is 1. The highest BCUT2D eigenvalue weighted by Crippen LogP contribution is 2.31. The predicted molar refractivity (Wildman–Crippen MR) is 87.0 cm³/mol. The van der Waals surface area contributed by atoms with Crippen LogP contribution in [0.5, 0.6) is 0 Å². The van der Waals surface area contributed by atoms with Gasteiger partial charge in [-0.1, -0.05) is 6.07 Å². The minimum atomic E-state index is -4.15. The number of nitrogens with zero attached hydrogens (tertiary/aromatic N) is 5. The van der Waals surface area contributed by atoms with Crippen molar-refractivity contribution in [1.82, 2.24) is 15.0 Å². The Morgan fingerprint density at radius 1 is 1.33 bits per heavy atom. The summed E-state index contributed by atoms with van der Waals surface area (Å²) >= 11 is 0. The molecular formula is C12H13N7O4S. The lowest BCUT2D eigenvalue weighted by molar-refractivity contribution is -0.383. The van der Waals surface area contributed by atoms with Gasteiger partial charge in [-0.2, -0.15) is 12.8 Å². The van der Waals surface area contributed by atoms with E-state index >= 15 is 0 Å². The van der Waals surface area contributed by atoms with Crippen LogP contribution in [0.15, 0.2) is 34.1 Å². The molecule has 0 fully saturated rings. The van der Waals surface area contributed by atoms with Crippen LogP contribution in [0.2, 0.25) is 0 Å². The van der Waals surface area contributed by atoms with Crippen molar-refractivity contribution in [1.29, 1.82) is 0 Å². The predicted octanol–water partition coefficient (Wildman–Crippen LogP) is 0.775. The summed E-state index contributed by atoms with van der Waals surface area (Å²) in [5.41, 5.74) is 3.31. The highest BCUT2D eigenvalue weighted by molar-refractivity contribution is 7.90. The summed E-state index contributed by atoms with van der Waals surface area (Å²) in [5.74, 6) is 0.311. The fourth-order valence-corrected chi connectivity index (χ4v) is 3.15. The van der Waals surface area contributed by atoms with Gasteiger partial charge in [0.1, 0.15) is 18.4 Å². The molecule has 126 valence electrons. The Bertz CT molecular complexity index is 906. The van der Waals surface area contributed by atoms with Gasteiger partial charge < -0.3 is 0 Å². The fourth-order valence-electron chi connectivity index (χ4n) is 2.11. The Labute approximate surface area is 137 Å². The Balaban J connectivity index is 1.95. The monoisotopic (exact) mass is 351 g/mol. The quantitative estimate of drug-likeness (QED) is 0.608. The number of nitro groups is 1. The first-order chi connectivity index (χ1) is 11.3. The minimum Gasteiger partial charge on any atom is -0.258 e. The van der Waals surface area contributed by atoms with Crippen molar-refractivity contribution in [3.8, 4) is 0 Å². The molecule has 2 aliphatic heterocycles. The fraction of sp³-hybridized carbons (Fsp3) is 0.167. The summed E-state index contributed by atoms with van der Waals surface area (Å²) < 4.78 is 28.1. The molecule has 2 heterocycles. The zero-order valence-electron chi connectivity index (χ0n) is 12.7. The van der Waals surface area contributed by atoms with Gasteiger partial charge in [-0.05, 0) is 25.0 Å². The number of aliphatic imine (C=N–C) groups is 2. The van der Waals surface area contributed by atoms with Crippen LogP contribution in [0, 0.1) is 24.0 Å². The first-order valence-corrected chi connectivity index (χ1v) is 8.13. The van der Waals surface area contributed by atoms with Crippen LogP contribution in [0.25, 0.3) is 0 Å². The van der Waals surface area contributed by atoms with E-state index in [2.05, 4.69) is 20.2 Å². The van der Waals surface area contributed by atoms with Crippen LogP contribution < -0.4 is 10.3 Å². The van der Waals surface area contributed by atoms with Gasteiger partial charge >= 0.3 is 10.2 Å². The van der Waals surface area contributed by atoms with Crippen LogP contribution in [-0.2, 0) is 10.2 Å². The van der Waals surface area contributed by atoms with Crippen LogP contribution in [0.4, 0.5) is 11.4 Å². The molecule has 0 bridgehead atoms. The highest BCUT2D eigenvalue weighted by atomic mass is 32.2. The molecule has 0 radical (unpaired) electrons. The molecule has 1 aromatic rings. The van der Waals surface area contributed by atoms with Gasteiger partial charge in [-0.15, -0.1) is 5.53 Å². The second kappa shape index (κ2) is 5.58. The number of anilines is 1. The highest BCUT2D eigenvalue weighted by Gasteiger charge is 2.31. The van der Waals surface area contributed by atoms with Crippen LogP contribution in [0.1, 0.15) is 11.1 Å². The van der Waals surface area contributed by atoms with Crippen LogP contribution in [-0.4, -0.2) is 35.4 Å². The summed E-state index contributed by atoms with van der Waals surface area (Å²) in [4.78, 5) is 18.2. The standard InChI is InChI=1S/C12H13N7O4S/c1-8-3-4-10(19(20)21)12(9(8)2)15-24(22,23)18-5-11-14-6-13-7-17(11)16-18/h3-7,15-16H,1-2H3. The van der Waals surface area contributed by atoms with E-state index in [-0.39, 0.29) is 11.4 Å². The molecule has 2 N–H and O–H groups in total. The van der Waals surface area contributed by atoms with Gasteiger partial charge in [-0.3, -0.25) is 14.8 Å². The first-order valence-electron chi connectivity index (χ1n) is 6.69. The molecule has 24 heavy (non-hydrogen) atoms. The third-order valence-corrected chi connectivity index (χ3v) is 4.69. The number of hydrogen-bond donors (Lipinski definition) is 2. The van der Waals surface area contributed by atoms with Crippen molar-refractivity contribution in [2.24, 2.45) is 9.98 Å². The molecule has 0 saturated heterocycles. The Morgan fingerprint density at radius 2 is 2.08 bits per heavy atom. The van der Waals surface area contributed by atoms with Gasteiger partial charge in [0.25, 0.3) is 5.69 Å². The average molecular weight is 351 g/mol. The SMILES string of the molecule is Cc1ccc([N+](=O)[O-])c(NS(=O)(=O)N2C=C3N=CN=CN3N2)c1C. The van der Waals surface area contributed by atoms with Crippen molar-refractivity contribution in [3.63, 3.8) is 0 Å². The van der Waals surface area contributed by atoms with E-state index < -0.39 is 15.1 Å². The molecule has 0 aromatic heterocycles. The van der Waals surface area contributed by atoms with Crippen molar-refractivity contribution in [2.45, 2.75) is 13.8 Å². The molecule has 0 aliphatic carbocycles. The summed E-state index contributed by atoms with van der Waals surface area (Å²) in [6.07, 6.45) is 3.83.